The van der Waals surface area contributed by atoms with Crippen molar-refractivity contribution in [1.29, 1.82) is 0 Å². The fraction of sp³-hybridized carbons (Fsp3) is 0.500. The van der Waals surface area contributed by atoms with E-state index in [1.807, 2.05) is 19.1 Å². The van der Waals surface area contributed by atoms with Gasteiger partial charge in [-0.25, -0.2) is 8.42 Å². The lowest BCUT2D eigenvalue weighted by Crippen LogP contribution is -2.13. The minimum absolute atomic E-state index is 0.0326. The van der Waals surface area contributed by atoms with Gasteiger partial charge in [-0.3, -0.25) is 0 Å². The van der Waals surface area contributed by atoms with Crippen LogP contribution in [0.4, 0.5) is 0 Å². The molecule has 0 amide bonds. The maximum atomic E-state index is 11.0. The summed E-state index contributed by atoms with van der Waals surface area (Å²) >= 11 is 5.82. The Kier molecular flexibility index (Phi) is 5.75. The molecule has 0 aliphatic heterocycles. The lowest BCUT2D eigenvalue weighted by molar-refractivity contribution is 0.286. The molecule has 0 aliphatic carbocycles. The topological polar surface area (TPSA) is 52.6 Å². The molecule has 6 heteroatoms. The second-order valence-corrected chi connectivity index (χ2v) is 6.32. The Morgan fingerprint density at radius 1 is 1.28 bits per heavy atom. The fourth-order valence-electron chi connectivity index (χ4n) is 1.39. The standard InChI is InChI=1S/C12H17ClO4S/c1-3-16-11-6-4-5-10(9-13)12(11)17-7-8-18(2,14)15/h4-6H,3,7-9H2,1-2H3. The third kappa shape index (κ3) is 4.74. The first-order valence-corrected chi connectivity index (χ1v) is 8.18. The van der Waals surface area contributed by atoms with Gasteiger partial charge in [0.15, 0.2) is 21.3 Å². The lowest BCUT2D eigenvalue weighted by Gasteiger charge is -2.14. The van der Waals surface area contributed by atoms with Gasteiger partial charge in [0.05, 0.1) is 18.2 Å². The summed E-state index contributed by atoms with van der Waals surface area (Å²) < 4.78 is 33.0. The number of hydrogen-bond donors (Lipinski definition) is 0. The van der Waals surface area contributed by atoms with Crippen LogP contribution in [0.1, 0.15) is 12.5 Å². The second kappa shape index (κ2) is 6.85. The van der Waals surface area contributed by atoms with E-state index in [4.69, 9.17) is 21.1 Å². The molecule has 4 nitrogen and oxygen atoms in total. The van der Waals surface area contributed by atoms with Crippen LogP contribution in [0, 0.1) is 0 Å². The number of alkyl halides is 1. The van der Waals surface area contributed by atoms with Crippen molar-refractivity contribution in [2.75, 3.05) is 25.2 Å². The van der Waals surface area contributed by atoms with Crippen LogP contribution >= 0.6 is 11.6 Å². The fourth-order valence-corrected chi connectivity index (χ4v) is 1.99. The summed E-state index contributed by atoms with van der Waals surface area (Å²) in [6.45, 7) is 2.47. The normalized spacial score (nSPS) is 11.3. The predicted molar refractivity (Wildman–Crippen MR) is 72.4 cm³/mol. The minimum Gasteiger partial charge on any atom is -0.490 e. The molecule has 1 aromatic carbocycles. The highest BCUT2D eigenvalue weighted by molar-refractivity contribution is 7.90. The first-order chi connectivity index (χ1) is 8.48. The van der Waals surface area contributed by atoms with Crippen LogP contribution in [0.5, 0.6) is 11.5 Å². The number of sulfone groups is 1. The largest absolute Gasteiger partial charge is 0.490 e. The van der Waals surface area contributed by atoms with E-state index >= 15 is 0 Å². The van der Waals surface area contributed by atoms with Crippen LogP contribution in [0.3, 0.4) is 0 Å². The van der Waals surface area contributed by atoms with E-state index in [2.05, 4.69) is 0 Å². The van der Waals surface area contributed by atoms with E-state index in [1.54, 1.807) is 6.07 Å². The van der Waals surface area contributed by atoms with Crippen LogP contribution in [-0.2, 0) is 15.7 Å². The van der Waals surface area contributed by atoms with Gasteiger partial charge in [-0.05, 0) is 13.0 Å². The number of halogens is 1. The van der Waals surface area contributed by atoms with Gasteiger partial charge >= 0.3 is 0 Å². The monoisotopic (exact) mass is 292 g/mol. The average Bonchev–Trinajstić information content (AvgIpc) is 2.29. The summed E-state index contributed by atoms with van der Waals surface area (Å²) in [5.41, 5.74) is 0.788. The molecule has 0 N–H and O–H groups in total. The molecular weight excluding hydrogens is 276 g/mol. The van der Waals surface area contributed by atoms with Crippen molar-refractivity contribution in [1.82, 2.24) is 0 Å². The van der Waals surface area contributed by atoms with Crippen molar-refractivity contribution in [3.8, 4) is 11.5 Å². The Morgan fingerprint density at radius 3 is 2.56 bits per heavy atom. The van der Waals surface area contributed by atoms with Crippen molar-refractivity contribution < 1.29 is 17.9 Å². The van der Waals surface area contributed by atoms with Crippen molar-refractivity contribution in [3.05, 3.63) is 23.8 Å². The molecule has 0 unspecified atom stereocenters. The van der Waals surface area contributed by atoms with Gasteiger partial charge < -0.3 is 9.47 Å². The van der Waals surface area contributed by atoms with Gasteiger partial charge in [0, 0.05) is 11.8 Å². The van der Waals surface area contributed by atoms with Gasteiger partial charge in [0.2, 0.25) is 0 Å². The second-order valence-electron chi connectivity index (χ2n) is 3.79. The first kappa shape index (κ1) is 15.1. The molecule has 0 heterocycles. The zero-order chi connectivity index (χ0) is 13.6. The molecule has 102 valence electrons. The number of rotatable bonds is 7. The Balaban J connectivity index is 2.83. The molecular formula is C12H17ClO4S. The molecule has 1 rings (SSSR count). The molecule has 0 bridgehead atoms. The lowest BCUT2D eigenvalue weighted by atomic mass is 10.2. The summed E-state index contributed by atoms with van der Waals surface area (Å²) in [5, 5.41) is 0. The molecule has 0 saturated heterocycles. The van der Waals surface area contributed by atoms with Crippen LogP contribution in [0.15, 0.2) is 18.2 Å². The highest BCUT2D eigenvalue weighted by atomic mass is 35.5. The molecule has 0 fully saturated rings. The SMILES string of the molecule is CCOc1cccc(CCl)c1OCCS(C)(=O)=O. The van der Waals surface area contributed by atoms with Gasteiger partial charge in [0.1, 0.15) is 6.61 Å². The van der Waals surface area contributed by atoms with Crippen molar-refractivity contribution in [3.63, 3.8) is 0 Å². The molecule has 0 saturated carbocycles. The first-order valence-electron chi connectivity index (χ1n) is 5.59. The van der Waals surface area contributed by atoms with E-state index in [-0.39, 0.29) is 18.2 Å². The van der Waals surface area contributed by atoms with Crippen molar-refractivity contribution >= 4 is 21.4 Å². The van der Waals surface area contributed by atoms with E-state index in [0.717, 1.165) is 5.56 Å². The van der Waals surface area contributed by atoms with Crippen LogP contribution in [0.25, 0.3) is 0 Å². The summed E-state index contributed by atoms with van der Waals surface area (Å²) in [5.74, 6) is 1.37. The van der Waals surface area contributed by atoms with Crippen LogP contribution in [-0.4, -0.2) is 33.6 Å². The highest BCUT2D eigenvalue weighted by Gasteiger charge is 2.11. The zero-order valence-corrected chi connectivity index (χ0v) is 12.1. The number of para-hydroxylation sites is 1. The third-order valence-electron chi connectivity index (χ3n) is 2.20. The predicted octanol–water partition coefficient (Wildman–Crippen LogP) is 2.25. The molecule has 1 aromatic rings. The summed E-state index contributed by atoms with van der Waals surface area (Å²) in [6.07, 6.45) is 1.17. The van der Waals surface area contributed by atoms with Crippen molar-refractivity contribution in [2.45, 2.75) is 12.8 Å². The molecule has 0 atom stereocenters. The minimum atomic E-state index is -3.04. The number of ether oxygens (including phenoxy) is 2. The smallest absolute Gasteiger partial charge is 0.165 e. The molecule has 0 spiro atoms. The van der Waals surface area contributed by atoms with Gasteiger partial charge in [-0.15, -0.1) is 11.6 Å². The van der Waals surface area contributed by atoms with E-state index in [1.165, 1.54) is 6.26 Å². The van der Waals surface area contributed by atoms with E-state index in [9.17, 15) is 8.42 Å². The van der Waals surface area contributed by atoms with Gasteiger partial charge in [-0.1, -0.05) is 12.1 Å². The van der Waals surface area contributed by atoms with E-state index < -0.39 is 9.84 Å². The van der Waals surface area contributed by atoms with Crippen molar-refractivity contribution in [2.24, 2.45) is 0 Å². The maximum absolute atomic E-state index is 11.0. The average molecular weight is 293 g/mol. The Morgan fingerprint density at radius 2 is 2.00 bits per heavy atom. The Labute approximate surface area is 113 Å². The molecule has 0 aliphatic rings. The molecule has 0 aromatic heterocycles. The summed E-state index contributed by atoms with van der Waals surface area (Å²) in [6, 6.07) is 5.42. The Hall–Kier alpha value is -0.940. The van der Waals surface area contributed by atoms with Gasteiger partial charge in [0.25, 0.3) is 0 Å². The van der Waals surface area contributed by atoms with Gasteiger partial charge in [-0.2, -0.15) is 0 Å². The van der Waals surface area contributed by atoms with Crippen LogP contribution in [0.2, 0.25) is 0 Å². The van der Waals surface area contributed by atoms with Crippen LogP contribution < -0.4 is 9.47 Å². The summed E-state index contributed by atoms with van der Waals surface area (Å²) in [4.78, 5) is 0. The van der Waals surface area contributed by atoms with E-state index in [0.29, 0.717) is 18.1 Å². The highest BCUT2D eigenvalue weighted by Crippen LogP contribution is 2.32. The molecule has 0 radical (unpaired) electrons. The maximum Gasteiger partial charge on any atom is 0.165 e. The number of benzene rings is 1. The third-order valence-corrected chi connectivity index (χ3v) is 3.40. The summed E-state index contributed by atoms with van der Waals surface area (Å²) in [7, 11) is -3.04. The molecule has 18 heavy (non-hydrogen) atoms. The zero-order valence-electron chi connectivity index (χ0n) is 10.5. The number of hydrogen-bond acceptors (Lipinski definition) is 4. The Bertz CT molecular complexity index is 485. The quantitative estimate of drug-likeness (QED) is 0.723.